The molecule has 0 unspecified atom stereocenters. The minimum atomic E-state index is -0.0449. The molecule has 0 aromatic heterocycles. The molecule has 29 heavy (non-hydrogen) atoms. The number of ether oxygens (including phenoxy) is 2. The van der Waals surface area contributed by atoms with Gasteiger partial charge in [-0.2, -0.15) is 0 Å². The Labute approximate surface area is 174 Å². The Morgan fingerprint density at radius 3 is 2.21 bits per heavy atom. The van der Waals surface area contributed by atoms with Crippen molar-refractivity contribution in [2.24, 2.45) is 0 Å². The van der Waals surface area contributed by atoms with Crippen LogP contribution in [0, 0.1) is 13.8 Å². The number of benzene rings is 2. The quantitative estimate of drug-likeness (QED) is 0.495. The summed E-state index contributed by atoms with van der Waals surface area (Å²) in [5.74, 6) is 0.810. The maximum atomic E-state index is 12.4. The van der Waals surface area contributed by atoms with Crippen molar-refractivity contribution in [3.63, 3.8) is 0 Å². The fourth-order valence-electron chi connectivity index (χ4n) is 3.08. The van der Waals surface area contributed by atoms with Gasteiger partial charge >= 0.3 is 0 Å². The van der Waals surface area contributed by atoms with E-state index >= 15 is 0 Å². The Kier molecular flexibility index (Phi) is 8.28. The predicted octanol–water partition coefficient (Wildman–Crippen LogP) is 4.66. The van der Waals surface area contributed by atoms with Crippen molar-refractivity contribution in [3.05, 3.63) is 58.1 Å². The maximum Gasteiger partial charge on any atom is 0.251 e. The first kappa shape index (κ1) is 22.5. The van der Waals surface area contributed by atoms with Gasteiger partial charge in [-0.3, -0.25) is 4.79 Å². The third-order valence-electron chi connectivity index (χ3n) is 4.53. The van der Waals surface area contributed by atoms with E-state index in [9.17, 15) is 4.79 Å². The van der Waals surface area contributed by atoms with Crippen LogP contribution < -0.4 is 15.0 Å². The second-order valence-corrected chi connectivity index (χ2v) is 7.33. The number of nitrogens with zero attached hydrogens (tertiary/aromatic N) is 1. The van der Waals surface area contributed by atoms with Gasteiger partial charge in [0.05, 0.1) is 0 Å². The maximum absolute atomic E-state index is 12.4. The lowest BCUT2D eigenvalue weighted by atomic mass is 10.0. The molecule has 2 aromatic carbocycles. The monoisotopic (exact) mass is 396 g/mol. The number of carbonyl (C=O) groups is 1. The number of methoxy groups -OCH3 is 1. The summed E-state index contributed by atoms with van der Waals surface area (Å²) >= 11 is 0. The van der Waals surface area contributed by atoms with Crippen LogP contribution in [0.15, 0.2) is 30.3 Å². The van der Waals surface area contributed by atoms with Gasteiger partial charge in [-0.25, -0.2) is 0 Å². The van der Waals surface area contributed by atoms with Gasteiger partial charge in [0.2, 0.25) is 0 Å². The summed E-state index contributed by atoms with van der Waals surface area (Å²) < 4.78 is 10.7. The topological polar surface area (TPSA) is 50.8 Å². The van der Waals surface area contributed by atoms with Gasteiger partial charge in [-0.15, -0.1) is 0 Å². The van der Waals surface area contributed by atoms with Crippen molar-refractivity contribution in [1.82, 2.24) is 5.32 Å². The van der Waals surface area contributed by atoms with Crippen LogP contribution in [0.2, 0.25) is 0 Å². The lowest BCUT2D eigenvalue weighted by Crippen LogP contribution is -2.24. The normalized spacial score (nSPS) is 11.0. The van der Waals surface area contributed by atoms with Crippen molar-refractivity contribution in [2.75, 3.05) is 39.4 Å². The molecule has 0 spiro atoms. The van der Waals surface area contributed by atoms with Gasteiger partial charge in [0.1, 0.15) is 5.75 Å². The number of hydrogen-bond acceptors (Lipinski definition) is 4. The number of hydrogen-bond donors (Lipinski definition) is 1. The molecule has 0 atom stereocenters. The van der Waals surface area contributed by atoms with E-state index in [1.165, 1.54) is 0 Å². The number of nitrogens with one attached hydrogen (secondary N) is 1. The second-order valence-electron chi connectivity index (χ2n) is 7.33. The minimum Gasteiger partial charge on any atom is -0.467 e. The first-order valence-corrected chi connectivity index (χ1v) is 9.87. The molecule has 1 amide bonds. The molecule has 0 saturated carbocycles. The van der Waals surface area contributed by atoms with Gasteiger partial charge in [0, 0.05) is 39.0 Å². The molecule has 0 bridgehead atoms. The molecule has 0 fully saturated rings. The summed E-state index contributed by atoms with van der Waals surface area (Å²) in [5, 5.41) is 2.95. The SMILES string of the molecule is CCCNC(=O)c1cc(C=Cc2cc(C)c(OCOC)c(C)c2)cc(N(C)C)c1. The molecule has 0 aliphatic heterocycles. The van der Waals surface area contributed by atoms with Crippen molar-refractivity contribution >= 4 is 23.7 Å². The fourth-order valence-corrected chi connectivity index (χ4v) is 3.08. The first-order chi connectivity index (χ1) is 13.8. The van der Waals surface area contributed by atoms with Gasteiger partial charge in [-0.05, 0) is 72.9 Å². The van der Waals surface area contributed by atoms with E-state index in [1.807, 2.05) is 58.0 Å². The van der Waals surface area contributed by atoms with Crippen LogP contribution in [0.25, 0.3) is 12.2 Å². The van der Waals surface area contributed by atoms with E-state index in [0.717, 1.165) is 40.1 Å². The van der Waals surface area contributed by atoms with Crippen LogP contribution >= 0.6 is 0 Å². The summed E-state index contributed by atoms with van der Waals surface area (Å²) in [6.07, 6.45) is 5.00. The first-order valence-electron chi connectivity index (χ1n) is 9.87. The zero-order chi connectivity index (χ0) is 21.4. The standard InChI is InChI=1S/C24H32N2O3/c1-7-10-25-24(27)21-13-20(14-22(15-21)26(4)5)9-8-19-11-17(2)23(18(3)12-19)29-16-28-6/h8-9,11-15H,7,10,16H2,1-6H3,(H,25,27). The summed E-state index contributed by atoms with van der Waals surface area (Å²) in [7, 11) is 5.56. The zero-order valence-corrected chi connectivity index (χ0v) is 18.3. The van der Waals surface area contributed by atoms with Crippen LogP contribution in [0.3, 0.4) is 0 Å². The van der Waals surface area contributed by atoms with E-state index in [0.29, 0.717) is 12.1 Å². The number of amides is 1. The van der Waals surface area contributed by atoms with Gasteiger partial charge in [0.15, 0.2) is 6.79 Å². The molecule has 5 heteroatoms. The number of rotatable bonds is 9. The summed E-state index contributed by atoms with van der Waals surface area (Å²) in [6.45, 7) is 7.00. The second kappa shape index (κ2) is 10.7. The van der Waals surface area contributed by atoms with E-state index in [-0.39, 0.29) is 12.7 Å². The molecule has 0 aliphatic carbocycles. The third kappa shape index (κ3) is 6.36. The molecule has 2 rings (SSSR count). The zero-order valence-electron chi connectivity index (χ0n) is 18.3. The highest BCUT2D eigenvalue weighted by Crippen LogP contribution is 2.26. The lowest BCUT2D eigenvalue weighted by molar-refractivity contribution is 0.0501. The van der Waals surface area contributed by atoms with E-state index < -0.39 is 0 Å². The van der Waals surface area contributed by atoms with Crippen LogP contribution in [-0.4, -0.2) is 40.5 Å². The highest BCUT2D eigenvalue weighted by Gasteiger charge is 2.09. The van der Waals surface area contributed by atoms with Crippen molar-refractivity contribution in [2.45, 2.75) is 27.2 Å². The minimum absolute atomic E-state index is 0.0449. The molecule has 0 heterocycles. The average molecular weight is 397 g/mol. The van der Waals surface area contributed by atoms with Gasteiger partial charge < -0.3 is 19.7 Å². The lowest BCUT2D eigenvalue weighted by Gasteiger charge is -2.15. The van der Waals surface area contributed by atoms with E-state index in [1.54, 1.807) is 7.11 Å². The molecule has 156 valence electrons. The van der Waals surface area contributed by atoms with Crippen LogP contribution in [-0.2, 0) is 4.74 Å². The van der Waals surface area contributed by atoms with Crippen LogP contribution in [0.4, 0.5) is 5.69 Å². The highest BCUT2D eigenvalue weighted by molar-refractivity contribution is 5.96. The smallest absolute Gasteiger partial charge is 0.251 e. The predicted molar refractivity (Wildman–Crippen MR) is 121 cm³/mol. The van der Waals surface area contributed by atoms with Gasteiger partial charge in [0.25, 0.3) is 5.91 Å². The fraction of sp³-hybridized carbons (Fsp3) is 0.375. The summed E-state index contributed by atoms with van der Waals surface area (Å²) in [5.41, 5.74) is 5.83. The van der Waals surface area contributed by atoms with Crippen molar-refractivity contribution < 1.29 is 14.3 Å². The average Bonchev–Trinajstić information content (AvgIpc) is 2.69. The highest BCUT2D eigenvalue weighted by atomic mass is 16.7. The molecular weight excluding hydrogens is 364 g/mol. The third-order valence-corrected chi connectivity index (χ3v) is 4.53. The molecular formula is C24H32N2O3. The molecule has 1 N–H and O–H groups in total. The Morgan fingerprint density at radius 2 is 1.66 bits per heavy atom. The molecule has 0 aliphatic rings. The van der Waals surface area contributed by atoms with Crippen molar-refractivity contribution in [3.8, 4) is 5.75 Å². The molecule has 5 nitrogen and oxygen atoms in total. The summed E-state index contributed by atoms with van der Waals surface area (Å²) in [4.78, 5) is 14.4. The largest absolute Gasteiger partial charge is 0.467 e. The molecule has 0 radical (unpaired) electrons. The van der Waals surface area contributed by atoms with Crippen molar-refractivity contribution in [1.29, 1.82) is 0 Å². The van der Waals surface area contributed by atoms with E-state index in [2.05, 4.69) is 29.6 Å². The number of aryl methyl sites for hydroxylation is 2. The van der Waals surface area contributed by atoms with Gasteiger partial charge in [-0.1, -0.05) is 19.1 Å². The number of anilines is 1. The Bertz CT molecular complexity index is 849. The Hall–Kier alpha value is -2.79. The Morgan fingerprint density at radius 1 is 1.03 bits per heavy atom. The number of carbonyl (C=O) groups excluding carboxylic acids is 1. The van der Waals surface area contributed by atoms with E-state index in [4.69, 9.17) is 9.47 Å². The Balaban J connectivity index is 2.31. The van der Waals surface area contributed by atoms with Crippen LogP contribution in [0.5, 0.6) is 5.75 Å². The summed E-state index contributed by atoms with van der Waals surface area (Å²) in [6, 6.07) is 10.1. The van der Waals surface area contributed by atoms with Crippen LogP contribution in [0.1, 0.15) is 46.0 Å². The molecule has 2 aromatic rings. The molecule has 0 saturated heterocycles.